The molecule has 0 rings (SSSR count). The molecule has 1 nitrogen and oxygen atoms in total. The predicted octanol–water partition coefficient (Wildman–Crippen LogP) is 2.18. The number of carbonyl (C=O) groups excluding carboxylic acids is 1. The molecular formula is C8H14O. The molecule has 0 saturated carbocycles. The van der Waals surface area contributed by atoms with E-state index < -0.39 is 0 Å². The van der Waals surface area contributed by atoms with Gasteiger partial charge < -0.3 is 4.79 Å². The molecule has 0 amide bonds. The normalized spacial score (nSPS) is 11.0. The Morgan fingerprint density at radius 1 is 1.33 bits per heavy atom. The van der Waals surface area contributed by atoms with E-state index in [9.17, 15) is 4.79 Å². The monoisotopic (exact) mass is 126 g/mol. The van der Waals surface area contributed by atoms with Crippen LogP contribution in [0.3, 0.4) is 0 Å². The lowest BCUT2D eigenvalue weighted by atomic mass is 10.2. The summed E-state index contributed by atoms with van der Waals surface area (Å²) in [7, 11) is 0. The lowest BCUT2D eigenvalue weighted by molar-refractivity contribution is -0.107. The molecule has 0 aliphatic heterocycles. The molecule has 0 bridgehead atoms. The van der Waals surface area contributed by atoms with E-state index in [1.165, 1.54) is 0 Å². The molecule has 0 aliphatic carbocycles. The van der Waals surface area contributed by atoms with Gasteiger partial charge in [0.05, 0.1) is 0 Å². The second-order valence-corrected chi connectivity index (χ2v) is 2.42. The highest BCUT2D eigenvalue weighted by Gasteiger charge is 1.82. The van der Waals surface area contributed by atoms with Crippen LogP contribution in [0.1, 0.15) is 26.7 Å². The minimum Gasteiger partial charge on any atom is -0.303 e. The summed E-state index contributed by atoms with van der Waals surface area (Å²) in [6.07, 6.45) is 6.66. The Morgan fingerprint density at radius 2 is 2.00 bits per heavy atom. The number of aldehydes is 1. The van der Waals surface area contributed by atoms with Crippen molar-refractivity contribution in [3.05, 3.63) is 12.2 Å². The number of unbranched alkanes of at least 4 members (excludes halogenated alkanes) is 1. The Bertz CT molecular complexity index is 92.7. The Hall–Kier alpha value is -0.590. The van der Waals surface area contributed by atoms with Crippen molar-refractivity contribution in [2.45, 2.75) is 26.7 Å². The molecule has 0 aromatic heterocycles. The van der Waals surface area contributed by atoms with Crippen molar-refractivity contribution in [2.24, 2.45) is 5.92 Å². The minimum atomic E-state index is 0.608. The zero-order valence-corrected chi connectivity index (χ0v) is 6.13. The van der Waals surface area contributed by atoms with E-state index in [-0.39, 0.29) is 0 Å². The van der Waals surface area contributed by atoms with Gasteiger partial charge in [0.1, 0.15) is 6.29 Å². The van der Waals surface area contributed by atoms with Gasteiger partial charge in [0.25, 0.3) is 0 Å². The summed E-state index contributed by atoms with van der Waals surface area (Å²) in [6.45, 7) is 4.24. The second kappa shape index (κ2) is 5.54. The highest BCUT2D eigenvalue weighted by atomic mass is 16.1. The largest absolute Gasteiger partial charge is 0.303 e. The van der Waals surface area contributed by atoms with Crippen LogP contribution < -0.4 is 0 Å². The average Bonchev–Trinajstić information content (AvgIpc) is 1.80. The van der Waals surface area contributed by atoms with Gasteiger partial charge in [-0.15, -0.1) is 0 Å². The molecule has 0 unspecified atom stereocenters. The Balaban J connectivity index is 3.14. The van der Waals surface area contributed by atoms with Gasteiger partial charge >= 0.3 is 0 Å². The molecule has 9 heavy (non-hydrogen) atoms. The van der Waals surface area contributed by atoms with Crippen molar-refractivity contribution < 1.29 is 4.79 Å². The first-order valence-electron chi connectivity index (χ1n) is 3.37. The van der Waals surface area contributed by atoms with E-state index in [4.69, 9.17) is 0 Å². The molecule has 0 radical (unpaired) electrons. The number of allylic oxidation sites excluding steroid dienone is 2. The van der Waals surface area contributed by atoms with Gasteiger partial charge in [-0.2, -0.15) is 0 Å². The predicted molar refractivity (Wildman–Crippen MR) is 39.3 cm³/mol. The van der Waals surface area contributed by atoms with E-state index in [1.807, 2.05) is 0 Å². The Morgan fingerprint density at radius 3 is 2.44 bits per heavy atom. The highest BCUT2D eigenvalue weighted by Crippen LogP contribution is 1.95. The van der Waals surface area contributed by atoms with Gasteiger partial charge in [-0.05, 0) is 12.3 Å². The molecule has 0 atom stereocenters. The fourth-order valence-corrected chi connectivity index (χ4v) is 0.533. The molecule has 0 spiro atoms. The molecule has 52 valence electrons. The molecule has 0 fully saturated rings. The third-order valence-corrected chi connectivity index (χ3v) is 0.972. The lowest BCUT2D eigenvalue weighted by Crippen LogP contribution is -1.77. The molecule has 0 aliphatic rings. The summed E-state index contributed by atoms with van der Waals surface area (Å²) in [5, 5.41) is 0. The zero-order valence-electron chi connectivity index (χ0n) is 6.13. The van der Waals surface area contributed by atoms with Crippen molar-refractivity contribution in [2.75, 3.05) is 0 Å². The SMILES string of the molecule is CC(C)/C=C\CCC=O. The van der Waals surface area contributed by atoms with Crippen LogP contribution in [0.5, 0.6) is 0 Å². The molecule has 0 aromatic rings. The maximum Gasteiger partial charge on any atom is 0.120 e. The summed E-state index contributed by atoms with van der Waals surface area (Å²) < 4.78 is 0. The Labute approximate surface area is 56.8 Å². The topological polar surface area (TPSA) is 17.1 Å². The van der Waals surface area contributed by atoms with Crippen molar-refractivity contribution in [1.29, 1.82) is 0 Å². The van der Waals surface area contributed by atoms with Gasteiger partial charge in [0.15, 0.2) is 0 Å². The fraction of sp³-hybridized carbons (Fsp3) is 0.625. The standard InChI is InChI=1S/C8H14O/c1-8(2)6-4-3-5-7-9/h4,6-8H,3,5H2,1-2H3/b6-4-. The summed E-state index contributed by atoms with van der Waals surface area (Å²) in [6, 6.07) is 0. The van der Waals surface area contributed by atoms with Crippen molar-refractivity contribution in [1.82, 2.24) is 0 Å². The van der Waals surface area contributed by atoms with Crippen molar-refractivity contribution >= 4 is 6.29 Å². The smallest absolute Gasteiger partial charge is 0.120 e. The highest BCUT2D eigenvalue weighted by molar-refractivity contribution is 5.49. The first-order chi connectivity index (χ1) is 4.27. The molecule has 0 aromatic carbocycles. The van der Waals surface area contributed by atoms with Crippen LogP contribution in [-0.2, 0) is 4.79 Å². The molecule has 1 heteroatoms. The summed E-state index contributed by atoms with van der Waals surface area (Å²) in [5.41, 5.74) is 0. The van der Waals surface area contributed by atoms with Crippen LogP contribution in [0.25, 0.3) is 0 Å². The van der Waals surface area contributed by atoms with E-state index >= 15 is 0 Å². The quantitative estimate of drug-likeness (QED) is 0.320. The third-order valence-electron chi connectivity index (χ3n) is 0.972. The third kappa shape index (κ3) is 7.41. The van der Waals surface area contributed by atoms with Crippen molar-refractivity contribution in [3.63, 3.8) is 0 Å². The van der Waals surface area contributed by atoms with Crippen molar-refractivity contribution in [3.8, 4) is 0 Å². The van der Waals surface area contributed by atoms with E-state index in [1.54, 1.807) is 0 Å². The second-order valence-electron chi connectivity index (χ2n) is 2.42. The van der Waals surface area contributed by atoms with E-state index in [2.05, 4.69) is 26.0 Å². The van der Waals surface area contributed by atoms with Gasteiger partial charge in [-0.3, -0.25) is 0 Å². The van der Waals surface area contributed by atoms with E-state index in [0.29, 0.717) is 12.3 Å². The maximum atomic E-state index is 9.82. The van der Waals surface area contributed by atoms with Gasteiger partial charge in [-0.25, -0.2) is 0 Å². The molecule has 0 saturated heterocycles. The number of rotatable bonds is 4. The minimum absolute atomic E-state index is 0.608. The van der Waals surface area contributed by atoms with Crippen LogP contribution in [0.15, 0.2) is 12.2 Å². The lowest BCUT2D eigenvalue weighted by Gasteiger charge is -1.90. The summed E-state index contributed by atoms with van der Waals surface area (Å²) >= 11 is 0. The van der Waals surface area contributed by atoms with Crippen LogP contribution in [0.4, 0.5) is 0 Å². The van der Waals surface area contributed by atoms with E-state index in [0.717, 1.165) is 12.7 Å². The molecule has 0 heterocycles. The number of carbonyl (C=O) groups is 1. The number of hydrogen-bond acceptors (Lipinski definition) is 1. The van der Waals surface area contributed by atoms with Gasteiger partial charge in [0, 0.05) is 6.42 Å². The molecular weight excluding hydrogens is 112 g/mol. The number of hydrogen-bond donors (Lipinski definition) is 0. The van der Waals surface area contributed by atoms with Gasteiger partial charge in [-0.1, -0.05) is 26.0 Å². The average molecular weight is 126 g/mol. The fourth-order valence-electron chi connectivity index (χ4n) is 0.533. The summed E-state index contributed by atoms with van der Waals surface area (Å²) in [5.74, 6) is 0.608. The summed E-state index contributed by atoms with van der Waals surface area (Å²) in [4.78, 5) is 9.82. The van der Waals surface area contributed by atoms with Crippen LogP contribution in [0.2, 0.25) is 0 Å². The Kier molecular flexibility index (Phi) is 5.18. The first kappa shape index (κ1) is 8.41. The van der Waals surface area contributed by atoms with Crippen LogP contribution in [0, 0.1) is 5.92 Å². The van der Waals surface area contributed by atoms with Crippen LogP contribution in [-0.4, -0.2) is 6.29 Å². The molecule has 0 N–H and O–H groups in total. The maximum absolute atomic E-state index is 9.82. The first-order valence-corrected chi connectivity index (χ1v) is 3.37. The van der Waals surface area contributed by atoms with Gasteiger partial charge in [0.2, 0.25) is 0 Å². The zero-order chi connectivity index (χ0) is 7.11. The van der Waals surface area contributed by atoms with Crippen LogP contribution >= 0.6 is 0 Å².